The summed E-state index contributed by atoms with van der Waals surface area (Å²) in [5.74, 6) is -2.27. The van der Waals surface area contributed by atoms with Gasteiger partial charge in [0.25, 0.3) is 11.6 Å². The minimum absolute atomic E-state index is 0.0250. The molecule has 0 saturated carbocycles. The van der Waals surface area contributed by atoms with Crippen LogP contribution in [0.5, 0.6) is 0 Å². The Kier molecular flexibility index (Phi) is 7.24. The van der Waals surface area contributed by atoms with Crippen molar-refractivity contribution in [2.75, 3.05) is 13.1 Å². The van der Waals surface area contributed by atoms with Crippen molar-refractivity contribution in [3.8, 4) is 0 Å². The van der Waals surface area contributed by atoms with Crippen molar-refractivity contribution >= 4 is 23.5 Å². The number of carboxylic acid groups (broad SMARTS) is 1. The lowest BCUT2D eigenvalue weighted by molar-refractivity contribution is -0.385. The Labute approximate surface area is 151 Å². The minimum atomic E-state index is -1.21. The van der Waals surface area contributed by atoms with Crippen LogP contribution in [0, 0.1) is 10.1 Å². The number of rotatable bonds is 8. The van der Waals surface area contributed by atoms with Gasteiger partial charge in [-0.3, -0.25) is 19.7 Å². The van der Waals surface area contributed by atoms with Crippen molar-refractivity contribution in [1.29, 1.82) is 0 Å². The monoisotopic (exact) mass is 365 g/mol. The van der Waals surface area contributed by atoms with E-state index < -0.39 is 22.8 Å². The van der Waals surface area contributed by atoms with Crippen molar-refractivity contribution in [3.05, 3.63) is 39.4 Å². The molecule has 1 aromatic rings. The molecule has 0 saturated heterocycles. The largest absolute Gasteiger partial charge is 0.480 e. The summed E-state index contributed by atoms with van der Waals surface area (Å²) >= 11 is 0. The highest BCUT2D eigenvalue weighted by Gasteiger charge is 2.28. The van der Waals surface area contributed by atoms with Crippen molar-refractivity contribution < 1.29 is 24.4 Å². The first-order chi connectivity index (χ1) is 12.1. The molecule has 1 rings (SSSR count). The molecule has 0 bridgehead atoms. The van der Waals surface area contributed by atoms with Gasteiger partial charge >= 0.3 is 5.97 Å². The highest BCUT2D eigenvalue weighted by molar-refractivity contribution is 5.97. The maximum Gasteiger partial charge on any atom is 0.326 e. The zero-order valence-electron chi connectivity index (χ0n) is 15.2. The lowest BCUT2D eigenvalue weighted by Crippen LogP contribution is -2.46. The normalized spacial score (nSPS) is 11.7. The van der Waals surface area contributed by atoms with Crippen molar-refractivity contribution in [3.63, 3.8) is 0 Å². The van der Waals surface area contributed by atoms with Crippen LogP contribution >= 0.6 is 0 Å². The van der Waals surface area contributed by atoms with E-state index >= 15 is 0 Å². The third-order valence-electron chi connectivity index (χ3n) is 3.91. The second kappa shape index (κ2) is 8.93. The number of nitro benzene ring substituents is 1. The molecule has 1 aromatic carbocycles. The smallest absolute Gasteiger partial charge is 0.326 e. The molecule has 0 aliphatic heterocycles. The number of nitrogens with one attached hydrogen (secondary N) is 1. The van der Waals surface area contributed by atoms with E-state index in [1.807, 2.05) is 0 Å². The van der Waals surface area contributed by atoms with Gasteiger partial charge in [-0.25, -0.2) is 4.79 Å². The van der Waals surface area contributed by atoms with Crippen molar-refractivity contribution in [2.45, 2.75) is 39.7 Å². The standard InChI is InChI=1S/C17H23N3O6/c1-10(2)14-6-5-13(9-15(14)20(25)26)16(22)19(11(3)17(23)24)8-7-18-12(4)21/h5-6,9-11H,7-8H2,1-4H3,(H,18,21)(H,23,24). The Morgan fingerprint density at radius 3 is 2.35 bits per heavy atom. The summed E-state index contributed by atoms with van der Waals surface area (Å²) in [5, 5.41) is 23.0. The van der Waals surface area contributed by atoms with Crippen LogP contribution in [0.3, 0.4) is 0 Å². The zero-order chi connectivity index (χ0) is 20.0. The van der Waals surface area contributed by atoms with Crippen LogP contribution in [0.2, 0.25) is 0 Å². The molecule has 2 N–H and O–H groups in total. The van der Waals surface area contributed by atoms with E-state index in [-0.39, 0.29) is 36.2 Å². The number of carboxylic acids is 1. The van der Waals surface area contributed by atoms with Gasteiger partial charge in [-0.2, -0.15) is 0 Å². The van der Waals surface area contributed by atoms with Gasteiger partial charge < -0.3 is 15.3 Å². The highest BCUT2D eigenvalue weighted by Crippen LogP contribution is 2.28. The zero-order valence-corrected chi connectivity index (χ0v) is 15.2. The summed E-state index contributed by atoms with van der Waals surface area (Å²) in [4.78, 5) is 46.8. The van der Waals surface area contributed by atoms with Crippen LogP contribution < -0.4 is 5.32 Å². The number of carbonyl (C=O) groups is 3. The van der Waals surface area contributed by atoms with Gasteiger partial charge in [-0.1, -0.05) is 19.9 Å². The molecule has 0 aromatic heterocycles. The van der Waals surface area contributed by atoms with Crippen molar-refractivity contribution in [2.24, 2.45) is 0 Å². The Bertz CT molecular complexity index is 716. The molecule has 9 heteroatoms. The molecule has 1 atom stereocenters. The predicted molar refractivity (Wildman–Crippen MR) is 94.0 cm³/mol. The number of amides is 2. The third-order valence-corrected chi connectivity index (χ3v) is 3.91. The average molecular weight is 365 g/mol. The lowest BCUT2D eigenvalue weighted by atomic mass is 9.98. The summed E-state index contributed by atoms with van der Waals surface area (Å²) in [6, 6.07) is 2.97. The van der Waals surface area contributed by atoms with Crippen LogP contribution in [0.25, 0.3) is 0 Å². The molecule has 0 fully saturated rings. The van der Waals surface area contributed by atoms with Crippen molar-refractivity contribution in [1.82, 2.24) is 10.2 Å². The molecular formula is C17H23N3O6. The average Bonchev–Trinajstić information content (AvgIpc) is 2.56. The van der Waals surface area contributed by atoms with Crippen LogP contribution in [-0.4, -0.2) is 51.8 Å². The number of aliphatic carboxylic acids is 1. The summed E-state index contributed by atoms with van der Waals surface area (Å²) in [5.41, 5.74) is 0.329. The van der Waals surface area contributed by atoms with Gasteiger partial charge in [0.1, 0.15) is 6.04 Å². The molecule has 0 aliphatic carbocycles. The summed E-state index contributed by atoms with van der Waals surface area (Å²) in [7, 11) is 0. The van der Waals surface area contributed by atoms with Gasteiger partial charge in [-0.15, -0.1) is 0 Å². The molecule has 0 radical (unpaired) electrons. The second-order valence-corrected chi connectivity index (χ2v) is 6.18. The fourth-order valence-corrected chi connectivity index (χ4v) is 2.45. The number of nitro groups is 1. The Hall–Kier alpha value is -2.97. The maximum atomic E-state index is 12.7. The van der Waals surface area contributed by atoms with E-state index in [0.29, 0.717) is 5.56 Å². The molecule has 0 spiro atoms. The number of nitrogens with zero attached hydrogens (tertiary/aromatic N) is 2. The third kappa shape index (κ3) is 5.27. The summed E-state index contributed by atoms with van der Waals surface area (Å²) in [6.45, 7) is 6.29. The Balaban J connectivity index is 3.20. The molecule has 0 aliphatic rings. The van der Waals surface area contributed by atoms with Gasteiger partial charge in [0.05, 0.1) is 4.92 Å². The predicted octanol–water partition coefficient (Wildman–Crippen LogP) is 1.77. The Morgan fingerprint density at radius 2 is 1.88 bits per heavy atom. The number of carbonyl (C=O) groups excluding carboxylic acids is 2. The number of hydrogen-bond donors (Lipinski definition) is 2. The molecule has 1 unspecified atom stereocenters. The van der Waals surface area contributed by atoms with E-state index in [2.05, 4.69) is 5.32 Å². The first kappa shape index (κ1) is 21.1. The SMILES string of the molecule is CC(=O)NCCN(C(=O)c1ccc(C(C)C)c([N+](=O)[O-])c1)C(C)C(=O)O. The van der Waals surface area contributed by atoms with Gasteiger partial charge in [0.15, 0.2) is 0 Å². The number of benzene rings is 1. The quantitative estimate of drug-likeness (QED) is 0.533. The van der Waals surface area contributed by atoms with Gasteiger partial charge in [0, 0.05) is 37.2 Å². The maximum absolute atomic E-state index is 12.7. The fourth-order valence-electron chi connectivity index (χ4n) is 2.45. The van der Waals surface area contributed by atoms with Crippen LogP contribution in [-0.2, 0) is 9.59 Å². The fraction of sp³-hybridized carbons (Fsp3) is 0.471. The topological polar surface area (TPSA) is 130 Å². The molecule has 142 valence electrons. The molecule has 2 amide bonds. The van der Waals surface area contributed by atoms with Crippen LogP contribution in [0.1, 0.15) is 49.5 Å². The van der Waals surface area contributed by atoms with E-state index in [1.165, 1.54) is 26.0 Å². The van der Waals surface area contributed by atoms with E-state index in [1.54, 1.807) is 13.8 Å². The van der Waals surface area contributed by atoms with E-state index in [0.717, 1.165) is 11.0 Å². The molecular weight excluding hydrogens is 342 g/mol. The van der Waals surface area contributed by atoms with E-state index in [9.17, 15) is 29.6 Å². The molecule has 9 nitrogen and oxygen atoms in total. The number of hydrogen-bond acceptors (Lipinski definition) is 5. The second-order valence-electron chi connectivity index (χ2n) is 6.18. The first-order valence-corrected chi connectivity index (χ1v) is 8.12. The minimum Gasteiger partial charge on any atom is -0.480 e. The summed E-state index contributed by atoms with van der Waals surface area (Å²) in [6.07, 6.45) is 0. The molecule has 0 heterocycles. The highest BCUT2D eigenvalue weighted by atomic mass is 16.6. The Morgan fingerprint density at radius 1 is 1.27 bits per heavy atom. The summed E-state index contributed by atoms with van der Waals surface area (Å²) < 4.78 is 0. The van der Waals surface area contributed by atoms with Gasteiger partial charge in [0.2, 0.25) is 5.91 Å². The van der Waals surface area contributed by atoms with E-state index in [4.69, 9.17) is 0 Å². The molecule has 26 heavy (non-hydrogen) atoms. The first-order valence-electron chi connectivity index (χ1n) is 8.12. The lowest BCUT2D eigenvalue weighted by Gasteiger charge is -2.26. The van der Waals surface area contributed by atoms with Gasteiger partial charge in [-0.05, 0) is 18.9 Å². The van der Waals surface area contributed by atoms with Crippen LogP contribution in [0.15, 0.2) is 18.2 Å². The van der Waals surface area contributed by atoms with Crippen LogP contribution in [0.4, 0.5) is 5.69 Å².